The van der Waals surface area contributed by atoms with Crippen LogP contribution in [0, 0.1) is 11.5 Å². The second kappa shape index (κ2) is 3.27. The first kappa shape index (κ1) is 8.20. The lowest BCUT2D eigenvalue weighted by Crippen LogP contribution is -2.05. The summed E-state index contributed by atoms with van der Waals surface area (Å²) in [4.78, 5) is 0. The van der Waals surface area contributed by atoms with E-state index in [1.165, 1.54) is 6.92 Å². The second-order valence-corrected chi connectivity index (χ2v) is 2.21. The second-order valence-electron chi connectivity index (χ2n) is 0.989. The van der Waals surface area contributed by atoms with E-state index in [0.29, 0.717) is 0 Å². The molecule has 0 heterocycles. The summed E-state index contributed by atoms with van der Waals surface area (Å²) in [6, 6.07) is 0. The largest absolute Gasteiger partial charge is 0.458 e. The van der Waals surface area contributed by atoms with Gasteiger partial charge >= 0.3 is 16.7 Å². The molecule has 5 nitrogen and oxygen atoms in total. The SMILES string of the molecule is CCOS(=O)(=O)OC#N. The molecule has 0 aromatic rings. The van der Waals surface area contributed by atoms with Crippen LogP contribution in [0.15, 0.2) is 0 Å². The predicted octanol–water partition coefficient (Wildman–Crippen LogP) is -0.235. The average Bonchev–Trinajstić information content (AvgIpc) is 1.64. The number of rotatable bonds is 3. The molecule has 0 aromatic heterocycles. The van der Waals surface area contributed by atoms with E-state index in [1.54, 1.807) is 0 Å². The molecule has 0 aliphatic rings. The summed E-state index contributed by atoms with van der Waals surface area (Å²) in [6.07, 6.45) is 0.980. The highest BCUT2D eigenvalue weighted by molar-refractivity contribution is 7.82. The normalized spacial score (nSPS) is 10.2. The fraction of sp³-hybridized carbons (Fsp3) is 0.667. The molecule has 0 spiro atoms. The summed E-state index contributed by atoms with van der Waals surface area (Å²) in [6.45, 7) is 1.43. The molecule has 0 bridgehead atoms. The van der Waals surface area contributed by atoms with Gasteiger partial charge in [-0.2, -0.15) is 8.42 Å². The molecule has 0 unspecified atom stereocenters. The van der Waals surface area contributed by atoms with Gasteiger partial charge in [0.25, 0.3) is 0 Å². The fourth-order valence-corrected chi connectivity index (χ4v) is 0.642. The summed E-state index contributed by atoms with van der Waals surface area (Å²) in [5, 5.41) is 7.70. The monoisotopic (exact) mass is 151 g/mol. The predicted molar refractivity (Wildman–Crippen MR) is 27.2 cm³/mol. The number of hydrogen-bond donors (Lipinski definition) is 0. The molecular weight excluding hydrogens is 146 g/mol. The van der Waals surface area contributed by atoms with Gasteiger partial charge in [0.05, 0.1) is 6.61 Å². The Bertz CT molecular complexity index is 200. The average molecular weight is 151 g/mol. The van der Waals surface area contributed by atoms with E-state index in [2.05, 4.69) is 8.37 Å². The molecule has 0 radical (unpaired) electrons. The van der Waals surface area contributed by atoms with Crippen LogP contribution < -0.4 is 0 Å². The van der Waals surface area contributed by atoms with E-state index < -0.39 is 10.4 Å². The molecule has 6 heteroatoms. The van der Waals surface area contributed by atoms with Crippen LogP contribution in [-0.4, -0.2) is 15.0 Å². The van der Waals surface area contributed by atoms with Crippen molar-refractivity contribution in [3.8, 4) is 6.26 Å². The molecule has 0 saturated carbocycles. The Kier molecular flexibility index (Phi) is 2.98. The van der Waals surface area contributed by atoms with Gasteiger partial charge in [-0.05, 0) is 6.92 Å². The van der Waals surface area contributed by atoms with Crippen molar-refractivity contribution in [2.45, 2.75) is 6.92 Å². The van der Waals surface area contributed by atoms with E-state index in [9.17, 15) is 8.42 Å². The summed E-state index contributed by atoms with van der Waals surface area (Å²) in [5.74, 6) is 0. The van der Waals surface area contributed by atoms with Crippen LogP contribution in [0.5, 0.6) is 0 Å². The number of nitrogens with zero attached hydrogens (tertiary/aromatic N) is 1. The van der Waals surface area contributed by atoms with Crippen LogP contribution in [0.3, 0.4) is 0 Å². The van der Waals surface area contributed by atoms with Crippen LogP contribution in [0.1, 0.15) is 6.92 Å². The summed E-state index contributed by atoms with van der Waals surface area (Å²) in [5.41, 5.74) is 0. The lowest BCUT2D eigenvalue weighted by molar-refractivity contribution is 0.277. The van der Waals surface area contributed by atoms with Crippen molar-refractivity contribution < 1.29 is 16.8 Å². The van der Waals surface area contributed by atoms with Crippen molar-refractivity contribution in [1.82, 2.24) is 0 Å². The maximum Gasteiger partial charge on any atom is 0.458 e. The molecule has 0 aliphatic carbocycles. The Morgan fingerprint density at radius 2 is 2.22 bits per heavy atom. The van der Waals surface area contributed by atoms with Gasteiger partial charge in [0.1, 0.15) is 0 Å². The lowest BCUT2D eigenvalue weighted by Gasteiger charge is -1.94. The van der Waals surface area contributed by atoms with Crippen LogP contribution >= 0.6 is 0 Å². The highest BCUT2D eigenvalue weighted by Crippen LogP contribution is 1.91. The van der Waals surface area contributed by atoms with Gasteiger partial charge in [0.2, 0.25) is 0 Å². The van der Waals surface area contributed by atoms with Gasteiger partial charge in [-0.1, -0.05) is 0 Å². The Balaban J connectivity index is 3.93. The highest BCUT2D eigenvalue weighted by atomic mass is 32.3. The molecule has 0 fully saturated rings. The zero-order chi connectivity index (χ0) is 7.33. The van der Waals surface area contributed by atoms with Gasteiger partial charge in [-0.3, -0.25) is 4.18 Å². The minimum atomic E-state index is -4.04. The van der Waals surface area contributed by atoms with Crippen molar-refractivity contribution in [2.24, 2.45) is 0 Å². The molecule has 0 amide bonds. The maximum atomic E-state index is 10.2. The molecule has 0 atom stereocenters. The topological polar surface area (TPSA) is 76.4 Å². The third-order valence-corrected chi connectivity index (χ3v) is 1.20. The smallest absolute Gasteiger partial charge is 0.281 e. The standard InChI is InChI=1S/C3H5NO4S/c1-2-7-9(5,6)8-3-4/h2H2,1H3. The van der Waals surface area contributed by atoms with E-state index >= 15 is 0 Å². The zero-order valence-corrected chi connectivity index (χ0v) is 5.51. The van der Waals surface area contributed by atoms with Crippen molar-refractivity contribution in [3.63, 3.8) is 0 Å². The quantitative estimate of drug-likeness (QED) is 0.520. The van der Waals surface area contributed by atoms with Gasteiger partial charge in [-0.25, -0.2) is 4.18 Å². The molecule has 0 saturated heterocycles. The first-order chi connectivity index (χ1) is 4.12. The molecule has 52 valence electrons. The Morgan fingerprint density at radius 1 is 1.67 bits per heavy atom. The maximum absolute atomic E-state index is 10.2. The number of nitriles is 1. The molecular formula is C3H5NO4S. The first-order valence-electron chi connectivity index (χ1n) is 2.09. The van der Waals surface area contributed by atoms with Crippen molar-refractivity contribution in [1.29, 1.82) is 5.26 Å². The molecule has 0 aromatic carbocycles. The summed E-state index contributed by atoms with van der Waals surface area (Å²) < 4.78 is 27.8. The fourth-order valence-electron chi connectivity index (χ4n) is 0.214. The van der Waals surface area contributed by atoms with Crippen molar-refractivity contribution in [3.05, 3.63) is 0 Å². The van der Waals surface area contributed by atoms with Gasteiger partial charge < -0.3 is 0 Å². The minimum absolute atomic E-state index is 0.0377. The van der Waals surface area contributed by atoms with Gasteiger partial charge in [-0.15, -0.1) is 5.26 Å². The minimum Gasteiger partial charge on any atom is -0.281 e. The van der Waals surface area contributed by atoms with Crippen molar-refractivity contribution in [2.75, 3.05) is 6.61 Å². The van der Waals surface area contributed by atoms with E-state index in [4.69, 9.17) is 5.26 Å². The molecule has 0 rings (SSSR count). The van der Waals surface area contributed by atoms with Crippen LogP contribution in [-0.2, 0) is 18.8 Å². The first-order valence-corrected chi connectivity index (χ1v) is 3.42. The van der Waals surface area contributed by atoms with E-state index in [-0.39, 0.29) is 6.61 Å². The Morgan fingerprint density at radius 3 is 2.56 bits per heavy atom. The summed E-state index contributed by atoms with van der Waals surface area (Å²) in [7, 11) is -4.04. The third kappa shape index (κ3) is 3.76. The zero-order valence-electron chi connectivity index (χ0n) is 4.70. The number of hydrogen-bond acceptors (Lipinski definition) is 5. The highest BCUT2D eigenvalue weighted by Gasteiger charge is 2.08. The van der Waals surface area contributed by atoms with Crippen LogP contribution in [0.25, 0.3) is 0 Å². The van der Waals surface area contributed by atoms with Gasteiger partial charge in [0, 0.05) is 0 Å². The van der Waals surface area contributed by atoms with Crippen molar-refractivity contribution >= 4 is 10.4 Å². The van der Waals surface area contributed by atoms with Crippen LogP contribution in [0.2, 0.25) is 0 Å². The third-order valence-electron chi connectivity index (χ3n) is 0.402. The Hall–Kier alpha value is -0.800. The molecule has 0 aliphatic heterocycles. The summed E-state index contributed by atoms with van der Waals surface area (Å²) >= 11 is 0. The Labute approximate surface area is 53.1 Å². The lowest BCUT2D eigenvalue weighted by atomic mass is 10.9. The van der Waals surface area contributed by atoms with Gasteiger partial charge in [0.15, 0.2) is 0 Å². The molecule has 0 N–H and O–H groups in total. The van der Waals surface area contributed by atoms with Crippen LogP contribution in [0.4, 0.5) is 0 Å². The molecule has 9 heavy (non-hydrogen) atoms. The van der Waals surface area contributed by atoms with E-state index in [1.807, 2.05) is 0 Å². The van der Waals surface area contributed by atoms with E-state index in [0.717, 1.165) is 6.26 Å².